The summed E-state index contributed by atoms with van der Waals surface area (Å²) in [6.45, 7) is 7.10. The number of benzene rings is 2. The summed E-state index contributed by atoms with van der Waals surface area (Å²) in [5, 5.41) is 14.9. The standard InChI is InChI=1S/C19H25NO/c1-15(2)20-14-16(3)19(21,17-10-6-4-7-11-17)18-12-8-5-9-13-18/h4-13,15-16,20-21H,14H2,1-3H3/t16-/m0/s1. The Balaban J connectivity index is 2.40. The minimum Gasteiger partial charge on any atom is -0.380 e. The quantitative estimate of drug-likeness (QED) is 0.849. The highest BCUT2D eigenvalue weighted by Gasteiger charge is 2.37. The zero-order valence-electron chi connectivity index (χ0n) is 13.1. The minimum atomic E-state index is -0.982. The summed E-state index contributed by atoms with van der Waals surface area (Å²) in [5.41, 5.74) is 0.897. The predicted octanol–water partition coefficient (Wildman–Crippen LogP) is 3.56. The molecule has 0 spiro atoms. The molecule has 112 valence electrons. The first-order valence-electron chi connectivity index (χ1n) is 7.62. The van der Waals surface area contributed by atoms with E-state index in [1.807, 2.05) is 60.7 Å². The lowest BCUT2D eigenvalue weighted by molar-refractivity contribution is 0.0234. The molecule has 21 heavy (non-hydrogen) atoms. The molecule has 0 aliphatic carbocycles. The average Bonchev–Trinajstić information content (AvgIpc) is 2.53. The Hall–Kier alpha value is -1.64. The van der Waals surface area contributed by atoms with Crippen LogP contribution in [0.3, 0.4) is 0 Å². The lowest BCUT2D eigenvalue weighted by Gasteiger charge is -2.36. The zero-order chi connectivity index (χ0) is 15.3. The second-order valence-corrected chi connectivity index (χ2v) is 5.96. The minimum absolute atomic E-state index is 0.0599. The van der Waals surface area contributed by atoms with Crippen molar-refractivity contribution in [2.75, 3.05) is 6.54 Å². The second-order valence-electron chi connectivity index (χ2n) is 5.96. The summed E-state index contributed by atoms with van der Waals surface area (Å²) in [7, 11) is 0. The van der Waals surface area contributed by atoms with Gasteiger partial charge in [-0.05, 0) is 11.1 Å². The van der Waals surface area contributed by atoms with Crippen LogP contribution in [-0.4, -0.2) is 17.7 Å². The van der Waals surface area contributed by atoms with Gasteiger partial charge in [-0.15, -0.1) is 0 Å². The average molecular weight is 283 g/mol. The lowest BCUT2D eigenvalue weighted by atomic mass is 9.77. The first kappa shape index (κ1) is 15.7. The van der Waals surface area contributed by atoms with Crippen molar-refractivity contribution in [3.63, 3.8) is 0 Å². The fourth-order valence-corrected chi connectivity index (χ4v) is 2.68. The molecule has 0 bridgehead atoms. The largest absolute Gasteiger partial charge is 0.380 e. The van der Waals surface area contributed by atoms with Gasteiger partial charge in [0.05, 0.1) is 0 Å². The van der Waals surface area contributed by atoms with Gasteiger partial charge in [0.2, 0.25) is 0 Å². The molecule has 0 fully saturated rings. The number of nitrogens with one attached hydrogen (secondary N) is 1. The van der Waals surface area contributed by atoms with Crippen LogP contribution in [0.25, 0.3) is 0 Å². The van der Waals surface area contributed by atoms with E-state index in [9.17, 15) is 5.11 Å². The third-order valence-corrected chi connectivity index (χ3v) is 3.97. The predicted molar refractivity (Wildman–Crippen MR) is 88.2 cm³/mol. The monoisotopic (exact) mass is 283 g/mol. The van der Waals surface area contributed by atoms with Crippen LogP contribution in [-0.2, 0) is 5.60 Å². The molecule has 0 unspecified atom stereocenters. The molecule has 0 saturated carbocycles. The summed E-state index contributed by atoms with van der Waals surface area (Å²) >= 11 is 0. The van der Waals surface area contributed by atoms with Crippen LogP contribution in [0.15, 0.2) is 60.7 Å². The molecular weight excluding hydrogens is 258 g/mol. The zero-order valence-corrected chi connectivity index (χ0v) is 13.1. The fraction of sp³-hybridized carbons (Fsp3) is 0.368. The summed E-state index contributed by atoms with van der Waals surface area (Å²) in [4.78, 5) is 0. The number of aliphatic hydroxyl groups is 1. The van der Waals surface area contributed by atoms with Gasteiger partial charge in [-0.25, -0.2) is 0 Å². The molecule has 2 nitrogen and oxygen atoms in total. The molecule has 0 heterocycles. The van der Waals surface area contributed by atoms with E-state index in [4.69, 9.17) is 0 Å². The highest BCUT2D eigenvalue weighted by Crippen LogP contribution is 2.36. The molecule has 0 saturated heterocycles. The van der Waals surface area contributed by atoms with Crippen molar-refractivity contribution in [3.05, 3.63) is 71.8 Å². The Labute approximate surface area is 127 Å². The first-order valence-corrected chi connectivity index (χ1v) is 7.62. The molecule has 0 aliphatic heterocycles. The Morgan fingerprint density at radius 1 is 0.857 bits per heavy atom. The van der Waals surface area contributed by atoms with E-state index in [-0.39, 0.29) is 5.92 Å². The third-order valence-electron chi connectivity index (χ3n) is 3.97. The second kappa shape index (κ2) is 6.88. The molecule has 0 aromatic heterocycles. The highest BCUT2D eigenvalue weighted by atomic mass is 16.3. The fourth-order valence-electron chi connectivity index (χ4n) is 2.68. The summed E-state index contributed by atoms with van der Waals surface area (Å²) in [6.07, 6.45) is 0. The summed E-state index contributed by atoms with van der Waals surface area (Å²) in [5.74, 6) is 0.0599. The maximum atomic E-state index is 11.5. The van der Waals surface area contributed by atoms with E-state index < -0.39 is 5.60 Å². The molecule has 2 N–H and O–H groups in total. The molecule has 0 amide bonds. The Kier molecular flexibility index (Phi) is 5.16. The maximum absolute atomic E-state index is 11.5. The van der Waals surface area contributed by atoms with E-state index in [0.717, 1.165) is 17.7 Å². The van der Waals surface area contributed by atoms with Crippen molar-refractivity contribution in [1.29, 1.82) is 0 Å². The van der Waals surface area contributed by atoms with Crippen LogP contribution < -0.4 is 5.32 Å². The van der Waals surface area contributed by atoms with Crippen molar-refractivity contribution >= 4 is 0 Å². The van der Waals surface area contributed by atoms with Crippen LogP contribution in [0.2, 0.25) is 0 Å². The smallest absolute Gasteiger partial charge is 0.118 e. The lowest BCUT2D eigenvalue weighted by Crippen LogP contribution is -2.41. The number of rotatable bonds is 6. The van der Waals surface area contributed by atoms with Crippen LogP contribution in [0, 0.1) is 5.92 Å². The van der Waals surface area contributed by atoms with E-state index in [1.54, 1.807) is 0 Å². The molecule has 0 radical (unpaired) electrons. The number of hydrogen-bond acceptors (Lipinski definition) is 2. The molecule has 2 aromatic carbocycles. The van der Waals surface area contributed by atoms with Crippen LogP contribution in [0.4, 0.5) is 0 Å². The van der Waals surface area contributed by atoms with Crippen molar-refractivity contribution < 1.29 is 5.11 Å². The van der Waals surface area contributed by atoms with Gasteiger partial charge in [0.1, 0.15) is 5.60 Å². The molecular formula is C19H25NO. The van der Waals surface area contributed by atoms with E-state index in [2.05, 4.69) is 26.1 Å². The molecule has 2 heteroatoms. The summed E-state index contributed by atoms with van der Waals surface area (Å²) in [6, 6.07) is 20.3. The van der Waals surface area contributed by atoms with Gasteiger partial charge in [0.25, 0.3) is 0 Å². The van der Waals surface area contributed by atoms with Gasteiger partial charge in [0, 0.05) is 18.5 Å². The first-order chi connectivity index (χ1) is 10.0. The molecule has 1 atom stereocenters. The van der Waals surface area contributed by atoms with E-state index in [1.165, 1.54) is 0 Å². The van der Waals surface area contributed by atoms with Gasteiger partial charge in [-0.2, -0.15) is 0 Å². The van der Waals surface area contributed by atoms with Crippen molar-refractivity contribution in [1.82, 2.24) is 5.32 Å². The topological polar surface area (TPSA) is 32.3 Å². The molecule has 0 aliphatic rings. The van der Waals surface area contributed by atoms with Gasteiger partial charge in [0.15, 0.2) is 0 Å². The third kappa shape index (κ3) is 3.52. The van der Waals surface area contributed by atoms with Gasteiger partial charge in [-0.1, -0.05) is 81.4 Å². The van der Waals surface area contributed by atoms with Gasteiger partial charge in [-0.3, -0.25) is 0 Å². The van der Waals surface area contributed by atoms with Crippen molar-refractivity contribution in [3.8, 4) is 0 Å². The summed E-state index contributed by atoms with van der Waals surface area (Å²) < 4.78 is 0. The van der Waals surface area contributed by atoms with Crippen LogP contribution in [0.5, 0.6) is 0 Å². The van der Waals surface area contributed by atoms with E-state index >= 15 is 0 Å². The van der Waals surface area contributed by atoms with Crippen LogP contribution >= 0.6 is 0 Å². The van der Waals surface area contributed by atoms with E-state index in [0.29, 0.717) is 6.04 Å². The van der Waals surface area contributed by atoms with Crippen LogP contribution in [0.1, 0.15) is 31.9 Å². The molecule has 2 aromatic rings. The van der Waals surface area contributed by atoms with Crippen molar-refractivity contribution in [2.24, 2.45) is 5.92 Å². The normalized spacial score (nSPS) is 13.4. The van der Waals surface area contributed by atoms with Gasteiger partial charge < -0.3 is 10.4 Å². The Bertz CT molecular complexity index is 497. The Morgan fingerprint density at radius 3 is 1.67 bits per heavy atom. The number of hydrogen-bond donors (Lipinski definition) is 2. The van der Waals surface area contributed by atoms with Gasteiger partial charge >= 0.3 is 0 Å². The molecule has 2 rings (SSSR count). The van der Waals surface area contributed by atoms with Crippen molar-refractivity contribution in [2.45, 2.75) is 32.4 Å². The highest BCUT2D eigenvalue weighted by molar-refractivity contribution is 5.36. The maximum Gasteiger partial charge on any atom is 0.118 e. The Morgan fingerprint density at radius 2 is 1.29 bits per heavy atom. The SMILES string of the molecule is CC(C)NC[C@H](C)C(O)(c1ccccc1)c1ccccc1.